The van der Waals surface area contributed by atoms with Crippen LogP contribution in [0.4, 0.5) is 0 Å². The summed E-state index contributed by atoms with van der Waals surface area (Å²) in [4.78, 5) is 4.16. The smallest absolute Gasteiger partial charge is 0.0516 e. The maximum atomic E-state index is 4.16. The fourth-order valence-electron chi connectivity index (χ4n) is 1.83. The number of pyridine rings is 1. The van der Waals surface area contributed by atoms with E-state index in [-0.39, 0.29) is 0 Å². The molecule has 1 atom stereocenters. The van der Waals surface area contributed by atoms with Crippen molar-refractivity contribution in [2.45, 2.75) is 33.2 Å². The van der Waals surface area contributed by atoms with E-state index < -0.39 is 0 Å². The van der Waals surface area contributed by atoms with Gasteiger partial charge in [-0.15, -0.1) is 0 Å². The van der Waals surface area contributed by atoms with Crippen LogP contribution in [0.25, 0.3) is 10.9 Å². The van der Waals surface area contributed by atoms with Gasteiger partial charge < -0.3 is 4.57 Å². The highest BCUT2D eigenvalue weighted by molar-refractivity contribution is 5.82. The molecule has 2 rings (SSSR count). The van der Waals surface area contributed by atoms with Crippen molar-refractivity contribution in [2.24, 2.45) is 0 Å². The summed E-state index contributed by atoms with van der Waals surface area (Å²) in [5.41, 5.74) is 2.61. The minimum Gasteiger partial charge on any atom is -0.344 e. The predicted octanol–water partition coefficient (Wildman–Crippen LogP) is 3.32. The zero-order chi connectivity index (χ0) is 10.1. The Hall–Kier alpha value is -1.31. The van der Waals surface area contributed by atoms with Crippen LogP contribution in [0.3, 0.4) is 0 Å². The number of hydrogen-bond acceptors (Lipinski definition) is 1. The molecule has 14 heavy (non-hydrogen) atoms. The third kappa shape index (κ3) is 1.31. The summed E-state index contributed by atoms with van der Waals surface area (Å²) in [6.45, 7) is 6.61. The second-order valence-electron chi connectivity index (χ2n) is 3.87. The summed E-state index contributed by atoms with van der Waals surface area (Å²) < 4.78 is 2.34. The first-order valence-corrected chi connectivity index (χ1v) is 5.15. The lowest BCUT2D eigenvalue weighted by Crippen LogP contribution is -2.01. The van der Waals surface area contributed by atoms with Crippen molar-refractivity contribution in [1.29, 1.82) is 0 Å². The number of fused-ring (bicyclic) bond motifs is 1. The summed E-state index contributed by atoms with van der Waals surface area (Å²) in [5, 5.41) is 1.27. The zero-order valence-corrected chi connectivity index (χ0v) is 8.99. The molecule has 0 N–H and O–H groups in total. The molecule has 0 bridgehead atoms. The van der Waals surface area contributed by atoms with E-state index >= 15 is 0 Å². The largest absolute Gasteiger partial charge is 0.344 e. The Morgan fingerprint density at radius 1 is 1.50 bits per heavy atom. The van der Waals surface area contributed by atoms with Crippen molar-refractivity contribution >= 4 is 10.9 Å². The molecule has 0 amide bonds. The number of hydrogen-bond donors (Lipinski definition) is 0. The van der Waals surface area contributed by atoms with E-state index in [1.54, 1.807) is 0 Å². The van der Waals surface area contributed by atoms with Crippen molar-refractivity contribution in [3.63, 3.8) is 0 Å². The van der Waals surface area contributed by atoms with Crippen molar-refractivity contribution in [3.8, 4) is 0 Å². The lowest BCUT2D eigenvalue weighted by atomic mass is 10.2. The second kappa shape index (κ2) is 3.45. The molecule has 2 aromatic heterocycles. The fourth-order valence-corrected chi connectivity index (χ4v) is 1.83. The number of aromatic nitrogens is 2. The molecule has 0 saturated heterocycles. The quantitative estimate of drug-likeness (QED) is 0.707. The minimum absolute atomic E-state index is 0.564. The lowest BCUT2D eigenvalue weighted by Gasteiger charge is -2.12. The van der Waals surface area contributed by atoms with E-state index in [0.29, 0.717) is 6.04 Å². The van der Waals surface area contributed by atoms with Crippen LogP contribution < -0.4 is 0 Å². The highest BCUT2D eigenvalue weighted by Gasteiger charge is 2.08. The highest BCUT2D eigenvalue weighted by atomic mass is 15.0. The van der Waals surface area contributed by atoms with Crippen molar-refractivity contribution in [3.05, 3.63) is 30.2 Å². The third-order valence-corrected chi connectivity index (χ3v) is 2.90. The molecule has 2 aromatic rings. The van der Waals surface area contributed by atoms with Gasteiger partial charge in [0.1, 0.15) is 0 Å². The highest BCUT2D eigenvalue weighted by Crippen LogP contribution is 2.24. The Balaban J connectivity index is 2.66. The Labute approximate surface area is 84.6 Å². The van der Waals surface area contributed by atoms with Gasteiger partial charge in [-0.1, -0.05) is 6.92 Å². The van der Waals surface area contributed by atoms with Crippen LogP contribution in [-0.2, 0) is 0 Å². The second-order valence-corrected chi connectivity index (χ2v) is 3.87. The van der Waals surface area contributed by atoms with Gasteiger partial charge in [-0.05, 0) is 31.9 Å². The Morgan fingerprint density at radius 2 is 2.29 bits per heavy atom. The van der Waals surface area contributed by atoms with E-state index in [1.807, 2.05) is 12.4 Å². The molecular formula is C12H16N2. The molecule has 0 fully saturated rings. The maximum absolute atomic E-state index is 4.16. The standard InChI is InChI=1S/C12H16N2/c1-4-10(3)14-8-9(2)11-7-13-6-5-12(11)14/h5-8,10H,4H2,1-3H3/t10-/m1/s1. The summed E-state index contributed by atoms with van der Waals surface area (Å²) in [5.74, 6) is 0. The molecule has 2 heteroatoms. The SMILES string of the molecule is CC[C@@H](C)n1cc(C)c2cnccc21. The van der Waals surface area contributed by atoms with E-state index in [4.69, 9.17) is 0 Å². The first-order chi connectivity index (χ1) is 6.74. The average molecular weight is 188 g/mol. The molecule has 0 aliphatic heterocycles. The fraction of sp³-hybridized carbons (Fsp3) is 0.417. The van der Waals surface area contributed by atoms with Crippen LogP contribution in [0.2, 0.25) is 0 Å². The van der Waals surface area contributed by atoms with E-state index in [2.05, 4.69) is 42.6 Å². The Morgan fingerprint density at radius 3 is 3.00 bits per heavy atom. The van der Waals surface area contributed by atoms with Crippen molar-refractivity contribution in [1.82, 2.24) is 9.55 Å². The molecule has 0 saturated carbocycles. The van der Waals surface area contributed by atoms with Gasteiger partial charge in [-0.3, -0.25) is 4.98 Å². The summed E-state index contributed by atoms with van der Waals surface area (Å²) in [7, 11) is 0. The zero-order valence-electron chi connectivity index (χ0n) is 8.99. The Kier molecular flexibility index (Phi) is 2.28. The number of aryl methyl sites for hydroxylation is 1. The molecule has 74 valence electrons. The summed E-state index contributed by atoms with van der Waals surface area (Å²) >= 11 is 0. The first-order valence-electron chi connectivity index (χ1n) is 5.15. The number of nitrogens with zero attached hydrogens (tertiary/aromatic N) is 2. The summed E-state index contributed by atoms with van der Waals surface area (Å²) in [6, 6.07) is 2.66. The molecule has 0 aromatic carbocycles. The number of rotatable bonds is 2. The van der Waals surface area contributed by atoms with Gasteiger partial charge >= 0.3 is 0 Å². The van der Waals surface area contributed by atoms with Crippen LogP contribution in [-0.4, -0.2) is 9.55 Å². The van der Waals surface area contributed by atoms with Crippen LogP contribution in [0.15, 0.2) is 24.7 Å². The summed E-state index contributed by atoms with van der Waals surface area (Å²) in [6.07, 6.45) is 7.19. The monoisotopic (exact) mass is 188 g/mol. The molecular weight excluding hydrogens is 172 g/mol. The van der Waals surface area contributed by atoms with E-state index in [1.165, 1.54) is 16.5 Å². The molecule has 2 nitrogen and oxygen atoms in total. The van der Waals surface area contributed by atoms with Gasteiger partial charge in [0, 0.05) is 30.0 Å². The van der Waals surface area contributed by atoms with Gasteiger partial charge in [0.15, 0.2) is 0 Å². The van der Waals surface area contributed by atoms with Crippen molar-refractivity contribution in [2.75, 3.05) is 0 Å². The minimum atomic E-state index is 0.564. The van der Waals surface area contributed by atoms with Crippen LogP contribution in [0.5, 0.6) is 0 Å². The van der Waals surface area contributed by atoms with Crippen LogP contribution in [0.1, 0.15) is 31.9 Å². The van der Waals surface area contributed by atoms with Gasteiger partial charge in [0.05, 0.1) is 5.52 Å². The van der Waals surface area contributed by atoms with E-state index in [0.717, 1.165) is 6.42 Å². The van der Waals surface area contributed by atoms with Gasteiger partial charge in [0.2, 0.25) is 0 Å². The third-order valence-electron chi connectivity index (χ3n) is 2.90. The van der Waals surface area contributed by atoms with E-state index in [9.17, 15) is 0 Å². The Bertz CT molecular complexity index is 443. The van der Waals surface area contributed by atoms with Gasteiger partial charge in [0.25, 0.3) is 0 Å². The predicted molar refractivity (Wildman–Crippen MR) is 59.5 cm³/mol. The topological polar surface area (TPSA) is 17.8 Å². The van der Waals surface area contributed by atoms with Gasteiger partial charge in [-0.25, -0.2) is 0 Å². The molecule has 0 aliphatic carbocycles. The molecule has 0 aliphatic rings. The molecule has 0 unspecified atom stereocenters. The normalized spacial score (nSPS) is 13.4. The molecule has 0 spiro atoms. The molecule has 2 heterocycles. The average Bonchev–Trinajstić information content (AvgIpc) is 2.56. The van der Waals surface area contributed by atoms with Crippen LogP contribution in [0, 0.1) is 6.92 Å². The van der Waals surface area contributed by atoms with Crippen molar-refractivity contribution < 1.29 is 0 Å². The maximum Gasteiger partial charge on any atom is 0.0516 e. The van der Waals surface area contributed by atoms with Crippen LogP contribution >= 0.6 is 0 Å². The molecule has 0 radical (unpaired) electrons. The lowest BCUT2D eigenvalue weighted by molar-refractivity contribution is 0.547. The van der Waals surface area contributed by atoms with Gasteiger partial charge in [-0.2, -0.15) is 0 Å². The first kappa shape index (κ1) is 9.25.